The number of nitrogens with one attached hydrogen (secondary N) is 2. The van der Waals surface area contributed by atoms with E-state index in [9.17, 15) is 4.79 Å². The van der Waals surface area contributed by atoms with E-state index in [2.05, 4.69) is 16.6 Å². The fraction of sp³-hybridized carbons (Fsp3) is 0.391. The number of methoxy groups -OCH3 is 3. The first-order valence-corrected chi connectivity index (χ1v) is 10.2. The van der Waals surface area contributed by atoms with Crippen molar-refractivity contribution in [2.45, 2.75) is 13.5 Å². The summed E-state index contributed by atoms with van der Waals surface area (Å²) < 4.78 is 21.4. The molecule has 0 radical (unpaired) electrons. The number of nitrogens with zero attached hydrogens (tertiary/aromatic N) is 1. The van der Waals surface area contributed by atoms with Crippen LogP contribution in [0.5, 0.6) is 17.2 Å². The van der Waals surface area contributed by atoms with Crippen LogP contribution in [0.15, 0.2) is 41.5 Å². The molecule has 2 N–H and O–H groups in total. The van der Waals surface area contributed by atoms with Gasteiger partial charge in [-0.05, 0) is 42.8 Å². The molecule has 8 nitrogen and oxygen atoms in total. The van der Waals surface area contributed by atoms with Crippen molar-refractivity contribution in [3.63, 3.8) is 0 Å². The number of amides is 1. The molecule has 3 rings (SSSR count). The Morgan fingerprint density at radius 1 is 1.00 bits per heavy atom. The molecule has 0 unspecified atom stereocenters. The molecular weight excluding hydrogens is 398 g/mol. The number of carbonyl (C=O) groups excluding carboxylic acids is 1. The summed E-state index contributed by atoms with van der Waals surface area (Å²) in [6, 6.07) is 10.9. The van der Waals surface area contributed by atoms with E-state index < -0.39 is 0 Å². The molecule has 2 aromatic rings. The molecule has 1 amide bonds. The van der Waals surface area contributed by atoms with Gasteiger partial charge in [-0.15, -0.1) is 0 Å². The average molecular weight is 429 g/mol. The topological polar surface area (TPSA) is 82.8 Å². The Balaban J connectivity index is 1.75. The summed E-state index contributed by atoms with van der Waals surface area (Å²) >= 11 is 0. The van der Waals surface area contributed by atoms with Gasteiger partial charge in [0.1, 0.15) is 36.9 Å². The predicted molar refractivity (Wildman–Crippen MR) is 117 cm³/mol. The second kappa shape index (κ2) is 10.8. The number of ether oxygens (including phenoxy) is 4. The standard InChI is InChI=1S/C23H29N3O5/c1-16(24-25-23(27)18-12-20(28-2)14-21(13-18)29-3)17-5-6-22(30-4)19(11-17)15-26-7-9-31-10-8-26/h5-6,11-14H,7-10,15H2,1-4H3,(H,25,27)/p+1/b24-16-. The number of rotatable bonds is 8. The van der Waals surface area contributed by atoms with E-state index in [0.717, 1.165) is 49.7 Å². The molecule has 1 fully saturated rings. The minimum atomic E-state index is -0.344. The highest BCUT2D eigenvalue weighted by atomic mass is 16.5. The van der Waals surface area contributed by atoms with Crippen LogP contribution in [-0.2, 0) is 11.3 Å². The number of hydrogen-bond donors (Lipinski definition) is 2. The molecule has 0 aliphatic carbocycles. The monoisotopic (exact) mass is 428 g/mol. The summed E-state index contributed by atoms with van der Waals surface area (Å²) in [6.07, 6.45) is 0. The maximum absolute atomic E-state index is 12.6. The van der Waals surface area contributed by atoms with E-state index in [4.69, 9.17) is 18.9 Å². The lowest BCUT2D eigenvalue weighted by molar-refractivity contribution is -0.921. The average Bonchev–Trinajstić information content (AvgIpc) is 2.82. The molecule has 0 spiro atoms. The zero-order valence-electron chi connectivity index (χ0n) is 18.5. The number of hydrazone groups is 1. The highest BCUT2D eigenvalue weighted by Crippen LogP contribution is 2.23. The van der Waals surface area contributed by atoms with Crippen LogP contribution in [0.3, 0.4) is 0 Å². The number of carbonyl (C=O) groups is 1. The largest absolute Gasteiger partial charge is 0.497 e. The second-order valence-electron chi connectivity index (χ2n) is 7.31. The van der Waals surface area contributed by atoms with Crippen molar-refractivity contribution < 1.29 is 28.6 Å². The lowest BCUT2D eigenvalue weighted by Gasteiger charge is -2.24. The van der Waals surface area contributed by atoms with E-state index in [1.165, 1.54) is 4.90 Å². The van der Waals surface area contributed by atoms with Crippen LogP contribution in [-0.4, -0.2) is 59.3 Å². The summed E-state index contributed by atoms with van der Waals surface area (Å²) in [5.41, 5.74) is 5.74. The first-order valence-electron chi connectivity index (χ1n) is 10.2. The van der Waals surface area contributed by atoms with Crippen molar-refractivity contribution in [2.75, 3.05) is 47.6 Å². The minimum Gasteiger partial charge on any atom is -0.497 e. The smallest absolute Gasteiger partial charge is 0.271 e. The van der Waals surface area contributed by atoms with Crippen LogP contribution in [0.4, 0.5) is 0 Å². The van der Waals surface area contributed by atoms with Crippen molar-refractivity contribution in [3.05, 3.63) is 53.1 Å². The normalized spacial score (nSPS) is 14.8. The van der Waals surface area contributed by atoms with E-state index in [-0.39, 0.29) is 5.91 Å². The quantitative estimate of drug-likeness (QED) is 0.489. The molecule has 1 aliphatic heterocycles. The van der Waals surface area contributed by atoms with Gasteiger partial charge < -0.3 is 23.8 Å². The Labute approximate surface area is 182 Å². The van der Waals surface area contributed by atoms with Gasteiger partial charge in [0.05, 0.1) is 40.3 Å². The van der Waals surface area contributed by atoms with Gasteiger partial charge in [-0.3, -0.25) is 4.79 Å². The zero-order chi connectivity index (χ0) is 22.2. The van der Waals surface area contributed by atoms with Gasteiger partial charge in [0.2, 0.25) is 0 Å². The van der Waals surface area contributed by atoms with Crippen molar-refractivity contribution >= 4 is 11.6 Å². The van der Waals surface area contributed by atoms with E-state index in [0.29, 0.717) is 22.8 Å². The molecule has 166 valence electrons. The molecule has 0 saturated carbocycles. The van der Waals surface area contributed by atoms with Crippen LogP contribution in [0.2, 0.25) is 0 Å². The third-order valence-corrected chi connectivity index (χ3v) is 5.28. The maximum Gasteiger partial charge on any atom is 0.271 e. The summed E-state index contributed by atoms with van der Waals surface area (Å²) in [5, 5.41) is 4.29. The van der Waals surface area contributed by atoms with Gasteiger partial charge in [0.25, 0.3) is 5.91 Å². The van der Waals surface area contributed by atoms with Gasteiger partial charge in [-0.1, -0.05) is 0 Å². The van der Waals surface area contributed by atoms with Gasteiger partial charge >= 0.3 is 0 Å². The fourth-order valence-electron chi connectivity index (χ4n) is 3.45. The Kier molecular flexibility index (Phi) is 7.86. The van der Waals surface area contributed by atoms with E-state index in [1.54, 1.807) is 39.5 Å². The molecule has 31 heavy (non-hydrogen) atoms. The Bertz CT molecular complexity index is 917. The van der Waals surface area contributed by atoms with E-state index in [1.807, 2.05) is 19.1 Å². The van der Waals surface area contributed by atoms with E-state index >= 15 is 0 Å². The molecule has 1 aliphatic rings. The fourth-order valence-corrected chi connectivity index (χ4v) is 3.45. The summed E-state index contributed by atoms with van der Waals surface area (Å²) in [7, 11) is 4.76. The van der Waals surface area contributed by atoms with Gasteiger partial charge in [0, 0.05) is 17.2 Å². The predicted octanol–water partition coefficient (Wildman–Crippen LogP) is 1.28. The molecule has 0 atom stereocenters. The zero-order valence-corrected chi connectivity index (χ0v) is 18.5. The van der Waals surface area contributed by atoms with Crippen LogP contribution in [0, 0.1) is 0 Å². The molecule has 1 heterocycles. The van der Waals surface area contributed by atoms with Gasteiger partial charge in [0.15, 0.2) is 0 Å². The van der Waals surface area contributed by atoms with Gasteiger partial charge in [-0.25, -0.2) is 5.43 Å². The summed E-state index contributed by atoms with van der Waals surface area (Å²) in [6.45, 7) is 6.21. The maximum atomic E-state index is 12.6. The number of quaternary nitrogens is 1. The lowest BCUT2D eigenvalue weighted by Crippen LogP contribution is -3.12. The first-order chi connectivity index (χ1) is 15.0. The van der Waals surface area contributed by atoms with Crippen molar-refractivity contribution in [1.82, 2.24) is 5.43 Å². The van der Waals surface area contributed by atoms with Crippen LogP contribution in [0.1, 0.15) is 28.4 Å². The molecule has 8 heteroatoms. The summed E-state index contributed by atoms with van der Waals surface area (Å²) in [4.78, 5) is 14.0. The SMILES string of the molecule is COc1cc(OC)cc(C(=O)N/N=C(/C)c2ccc(OC)c(C[NH+]3CCOCC3)c2)c1. The number of hydrogen-bond acceptors (Lipinski definition) is 6. The van der Waals surface area contributed by atoms with Crippen molar-refractivity contribution in [2.24, 2.45) is 5.10 Å². The lowest BCUT2D eigenvalue weighted by atomic mass is 10.1. The molecule has 1 saturated heterocycles. The van der Waals surface area contributed by atoms with Crippen LogP contribution >= 0.6 is 0 Å². The van der Waals surface area contributed by atoms with Crippen molar-refractivity contribution in [1.29, 1.82) is 0 Å². The van der Waals surface area contributed by atoms with Crippen molar-refractivity contribution in [3.8, 4) is 17.2 Å². The highest BCUT2D eigenvalue weighted by Gasteiger charge is 2.17. The molecular formula is C23H30N3O5+. The second-order valence-corrected chi connectivity index (χ2v) is 7.31. The third-order valence-electron chi connectivity index (χ3n) is 5.28. The Hall–Kier alpha value is -3.10. The third kappa shape index (κ3) is 5.96. The first kappa shape index (κ1) is 22.6. The van der Waals surface area contributed by atoms with Crippen LogP contribution in [0.25, 0.3) is 0 Å². The summed E-state index contributed by atoms with van der Waals surface area (Å²) in [5.74, 6) is 1.58. The molecule has 2 aromatic carbocycles. The highest BCUT2D eigenvalue weighted by molar-refractivity contribution is 6.01. The number of benzene rings is 2. The molecule has 0 bridgehead atoms. The van der Waals surface area contributed by atoms with Crippen LogP contribution < -0.4 is 24.5 Å². The number of morpholine rings is 1. The minimum absolute atomic E-state index is 0.344. The Morgan fingerprint density at radius 3 is 2.29 bits per heavy atom. The van der Waals surface area contributed by atoms with Gasteiger partial charge in [-0.2, -0.15) is 5.10 Å². The Morgan fingerprint density at radius 2 is 1.68 bits per heavy atom. The molecule has 0 aromatic heterocycles.